The van der Waals surface area contributed by atoms with Crippen molar-refractivity contribution in [1.82, 2.24) is 9.80 Å². The van der Waals surface area contributed by atoms with Crippen molar-refractivity contribution in [3.05, 3.63) is 22.4 Å². The zero-order chi connectivity index (χ0) is 15.1. The topological polar surface area (TPSA) is 44.9 Å². The molecule has 126 valence electrons. The van der Waals surface area contributed by atoms with Crippen LogP contribution in [0.1, 0.15) is 31.6 Å². The van der Waals surface area contributed by atoms with Gasteiger partial charge in [-0.1, -0.05) is 6.07 Å². The van der Waals surface area contributed by atoms with E-state index in [1.54, 1.807) is 0 Å². The normalized spacial score (nSPS) is 17.3. The highest BCUT2D eigenvalue weighted by Gasteiger charge is 2.19. The predicted octanol–water partition coefficient (Wildman–Crippen LogP) is 3.23. The lowest BCUT2D eigenvalue weighted by Gasteiger charge is -2.31. The van der Waals surface area contributed by atoms with Gasteiger partial charge < -0.3 is 10.6 Å². The summed E-state index contributed by atoms with van der Waals surface area (Å²) in [7, 11) is 0. The van der Waals surface area contributed by atoms with Gasteiger partial charge in [-0.25, -0.2) is 0 Å². The lowest BCUT2D eigenvalue weighted by Crippen LogP contribution is -2.38. The van der Waals surface area contributed by atoms with E-state index in [1.165, 1.54) is 30.8 Å². The lowest BCUT2D eigenvalue weighted by molar-refractivity contribution is 0.182. The van der Waals surface area contributed by atoms with Crippen molar-refractivity contribution < 1.29 is 0 Å². The highest BCUT2D eigenvalue weighted by atomic mass is 127. The van der Waals surface area contributed by atoms with E-state index in [-0.39, 0.29) is 24.0 Å². The van der Waals surface area contributed by atoms with Crippen molar-refractivity contribution in [2.24, 2.45) is 16.6 Å². The molecule has 0 aliphatic carbocycles. The van der Waals surface area contributed by atoms with Gasteiger partial charge in [0.25, 0.3) is 0 Å². The molecule has 0 spiro atoms. The summed E-state index contributed by atoms with van der Waals surface area (Å²) in [4.78, 5) is 10.7. The summed E-state index contributed by atoms with van der Waals surface area (Å²) >= 11 is 1.85. The first-order valence-corrected chi connectivity index (χ1v) is 8.90. The molecule has 1 aliphatic rings. The van der Waals surface area contributed by atoms with Gasteiger partial charge in [0.05, 0.1) is 0 Å². The van der Waals surface area contributed by atoms with E-state index in [9.17, 15) is 0 Å². The average Bonchev–Trinajstić information content (AvgIpc) is 3.01. The maximum atomic E-state index is 6.04. The molecule has 0 saturated carbocycles. The Morgan fingerprint density at radius 2 is 2.05 bits per heavy atom. The van der Waals surface area contributed by atoms with Gasteiger partial charge in [0.15, 0.2) is 5.96 Å². The molecule has 0 unspecified atom stereocenters. The fourth-order valence-electron chi connectivity index (χ4n) is 2.82. The van der Waals surface area contributed by atoms with E-state index in [0.717, 1.165) is 26.2 Å². The van der Waals surface area contributed by atoms with Crippen LogP contribution in [0.2, 0.25) is 0 Å². The third-order valence-electron chi connectivity index (χ3n) is 4.27. The zero-order valence-electron chi connectivity index (χ0n) is 13.7. The molecule has 1 aromatic rings. The molecule has 0 radical (unpaired) electrons. The van der Waals surface area contributed by atoms with E-state index in [0.29, 0.717) is 11.9 Å². The smallest absolute Gasteiger partial charge is 0.191 e. The molecule has 0 amide bonds. The van der Waals surface area contributed by atoms with Gasteiger partial charge in [-0.15, -0.1) is 35.3 Å². The number of hydrogen-bond donors (Lipinski definition) is 1. The SMILES string of the molecule is CCN(CC)C(N)=NCC1CCN(Cc2cccs2)CC1.I. The third-order valence-corrected chi connectivity index (χ3v) is 5.13. The molecular weight excluding hydrogens is 407 g/mol. The van der Waals surface area contributed by atoms with Crippen LogP contribution < -0.4 is 5.73 Å². The number of nitrogens with zero attached hydrogens (tertiary/aromatic N) is 3. The predicted molar refractivity (Wildman–Crippen MR) is 107 cm³/mol. The summed E-state index contributed by atoms with van der Waals surface area (Å²) in [6, 6.07) is 4.36. The summed E-state index contributed by atoms with van der Waals surface area (Å²) in [5, 5.41) is 2.16. The maximum absolute atomic E-state index is 6.04. The molecule has 4 nitrogen and oxygen atoms in total. The summed E-state index contributed by atoms with van der Waals surface area (Å²) in [6.07, 6.45) is 2.47. The molecule has 1 aliphatic heterocycles. The zero-order valence-corrected chi connectivity index (χ0v) is 16.8. The van der Waals surface area contributed by atoms with Gasteiger partial charge in [-0.05, 0) is 57.1 Å². The number of halogens is 1. The van der Waals surface area contributed by atoms with Crippen LogP contribution in [-0.2, 0) is 6.54 Å². The first-order chi connectivity index (χ1) is 10.2. The Balaban J connectivity index is 0.00000242. The fraction of sp³-hybridized carbons (Fsp3) is 0.688. The lowest BCUT2D eigenvalue weighted by atomic mass is 9.97. The Labute approximate surface area is 155 Å². The molecule has 2 N–H and O–H groups in total. The van der Waals surface area contributed by atoms with Crippen molar-refractivity contribution in [2.75, 3.05) is 32.7 Å². The minimum atomic E-state index is 0. The molecule has 1 aromatic heterocycles. The highest BCUT2D eigenvalue weighted by molar-refractivity contribution is 14.0. The van der Waals surface area contributed by atoms with Crippen molar-refractivity contribution in [1.29, 1.82) is 0 Å². The molecule has 0 atom stereocenters. The minimum absolute atomic E-state index is 0. The van der Waals surface area contributed by atoms with Gasteiger partial charge >= 0.3 is 0 Å². The summed E-state index contributed by atoms with van der Waals surface area (Å²) in [5.74, 6) is 1.40. The third kappa shape index (κ3) is 6.04. The summed E-state index contributed by atoms with van der Waals surface area (Å²) in [6.45, 7) is 10.5. The Morgan fingerprint density at radius 1 is 1.36 bits per heavy atom. The van der Waals surface area contributed by atoms with Crippen LogP contribution >= 0.6 is 35.3 Å². The molecule has 2 heterocycles. The molecular formula is C16H29IN4S. The first kappa shape index (κ1) is 19.7. The number of piperidine rings is 1. The molecule has 1 fully saturated rings. The monoisotopic (exact) mass is 436 g/mol. The van der Waals surface area contributed by atoms with Crippen molar-refractivity contribution in [3.63, 3.8) is 0 Å². The molecule has 0 bridgehead atoms. The van der Waals surface area contributed by atoms with Gasteiger partial charge in [0.1, 0.15) is 0 Å². The number of guanidine groups is 1. The van der Waals surface area contributed by atoms with Gasteiger partial charge in [-0.3, -0.25) is 9.89 Å². The van der Waals surface area contributed by atoms with E-state index in [1.807, 2.05) is 11.3 Å². The Kier molecular flexibility index (Phi) is 9.35. The number of hydrogen-bond acceptors (Lipinski definition) is 3. The molecule has 2 rings (SSSR count). The summed E-state index contributed by atoms with van der Waals surface area (Å²) < 4.78 is 0. The second kappa shape index (κ2) is 10.4. The van der Waals surface area contributed by atoms with E-state index in [4.69, 9.17) is 5.73 Å². The van der Waals surface area contributed by atoms with Crippen LogP contribution in [0.3, 0.4) is 0 Å². The largest absolute Gasteiger partial charge is 0.370 e. The van der Waals surface area contributed by atoms with Crippen LogP contribution in [0.25, 0.3) is 0 Å². The van der Waals surface area contributed by atoms with Crippen molar-refractivity contribution in [3.8, 4) is 0 Å². The second-order valence-electron chi connectivity index (χ2n) is 5.67. The summed E-state index contributed by atoms with van der Waals surface area (Å²) in [5.41, 5.74) is 6.04. The van der Waals surface area contributed by atoms with Crippen LogP contribution in [0.5, 0.6) is 0 Å². The number of nitrogens with two attached hydrogens (primary N) is 1. The fourth-order valence-corrected chi connectivity index (χ4v) is 3.57. The highest BCUT2D eigenvalue weighted by Crippen LogP contribution is 2.20. The van der Waals surface area contributed by atoms with E-state index < -0.39 is 0 Å². The van der Waals surface area contributed by atoms with Crippen molar-refractivity contribution >= 4 is 41.3 Å². The number of aliphatic imine (C=N–C) groups is 1. The van der Waals surface area contributed by atoms with Crippen LogP contribution in [0.15, 0.2) is 22.5 Å². The van der Waals surface area contributed by atoms with Crippen LogP contribution in [0, 0.1) is 5.92 Å². The second-order valence-corrected chi connectivity index (χ2v) is 6.70. The standard InChI is InChI=1S/C16H28N4S.HI/c1-3-20(4-2)16(17)18-12-14-7-9-19(10-8-14)13-15-6-5-11-21-15;/h5-6,11,14H,3-4,7-10,12-13H2,1-2H3,(H2,17,18);1H. The number of likely N-dealkylation sites (tertiary alicyclic amines) is 1. The van der Waals surface area contributed by atoms with Crippen molar-refractivity contribution in [2.45, 2.75) is 33.2 Å². The minimum Gasteiger partial charge on any atom is -0.370 e. The van der Waals surface area contributed by atoms with Gasteiger partial charge in [0, 0.05) is 31.1 Å². The maximum Gasteiger partial charge on any atom is 0.191 e. The molecule has 6 heteroatoms. The van der Waals surface area contributed by atoms with Crippen LogP contribution in [-0.4, -0.2) is 48.5 Å². The Bertz CT molecular complexity index is 423. The molecule has 0 aromatic carbocycles. The first-order valence-electron chi connectivity index (χ1n) is 8.02. The van der Waals surface area contributed by atoms with Gasteiger partial charge in [0.2, 0.25) is 0 Å². The number of thiophene rings is 1. The Hall–Kier alpha value is -0.340. The molecule has 1 saturated heterocycles. The van der Waals surface area contributed by atoms with Gasteiger partial charge in [-0.2, -0.15) is 0 Å². The molecule has 22 heavy (non-hydrogen) atoms. The quantitative estimate of drug-likeness (QED) is 0.423. The van der Waals surface area contributed by atoms with E-state index >= 15 is 0 Å². The Morgan fingerprint density at radius 3 is 2.59 bits per heavy atom. The van der Waals surface area contributed by atoms with E-state index in [2.05, 4.69) is 46.2 Å². The van der Waals surface area contributed by atoms with Crippen LogP contribution in [0.4, 0.5) is 0 Å². The average molecular weight is 436 g/mol. The number of rotatable bonds is 6.